The van der Waals surface area contributed by atoms with E-state index in [-0.39, 0.29) is 12.6 Å². The Morgan fingerprint density at radius 3 is 2.09 bits per heavy atom. The molecule has 34 heavy (non-hydrogen) atoms. The monoisotopic (exact) mass is 461 g/mol. The largest absolute Gasteiger partial charge is 0.396 e. The molecule has 2 N–H and O–H groups in total. The van der Waals surface area contributed by atoms with Crippen molar-refractivity contribution in [2.45, 2.75) is 32.7 Å². The molecule has 1 aromatic carbocycles. The summed E-state index contributed by atoms with van der Waals surface area (Å²) >= 11 is 0. The maximum atomic E-state index is 9.50. The molecule has 4 heterocycles. The minimum Gasteiger partial charge on any atom is -0.396 e. The molecule has 0 spiro atoms. The van der Waals surface area contributed by atoms with E-state index in [1.807, 2.05) is 0 Å². The van der Waals surface area contributed by atoms with Crippen molar-refractivity contribution in [3.63, 3.8) is 0 Å². The van der Waals surface area contributed by atoms with Crippen LogP contribution < -0.4 is 9.80 Å². The molecule has 180 valence electrons. The number of rotatable bonds is 6. The molecular formula is C26H35N7O. The third kappa shape index (κ3) is 4.52. The van der Waals surface area contributed by atoms with Crippen LogP contribution in [0.4, 0.5) is 11.6 Å². The van der Waals surface area contributed by atoms with E-state index in [9.17, 15) is 5.11 Å². The van der Waals surface area contributed by atoms with Crippen molar-refractivity contribution in [1.29, 1.82) is 0 Å². The number of piperazine rings is 1. The minimum atomic E-state index is 0.181. The standard InChI is InChI=1S/C26H35N7O/c1-19-23(20(2)30-29-19)24(22-6-4-3-5-7-22)31-14-16-33(17-15-31)26-25(27-10-11-28-26)32-12-8-21(18-34)9-13-32/h3-7,10-11,21,24,34H,8-9,12-18H2,1-2H3,(H,29,30). The van der Waals surface area contributed by atoms with Crippen molar-refractivity contribution < 1.29 is 5.11 Å². The van der Waals surface area contributed by atoms with Gasteiger partial charge in [-0.15, -0.1) is 0 Å². The predicted molar refractivity (Wildman–Crippen MR) is 134 cm³/mol. The van der Waals surface area contributed by atoms with Crippen LogP contribution in [0.5, 0.6) is 0 Å². The van der Waals surface area contributed by atoms with E-state index < -0.39 is 0 Å². The van der Waals surface area contributed by atoms with Crippen molar-refractivity contribution in [3.05, 3.63) is 65.2 Å². The summed E-state index contributed by atoms with van der Waals surface area (Å²) in [6.45, 7) is 10.0. The second kappa shape index (κ2) is 10.1. The SMILES string of the molecule is Cc1n[nH]c(C)c1C(c1ccccc1)N1CCN(c2nccnc2N2CCC(CO)CC2)CC1. The molecule has 5 rings (SSSR count). The highest BCUT2D eigenvalue weighted by Gasteiger charge is 2.31. The number of H-pyrrole nitrogens is 1. The van der Waals surface area contributed by atoms with Crippen LogP contribution in [0.1, 0.15) is 41.4 Å². The zero-order valence-corrected chi connectivity index (χ0v) is 20.2. The Morgan fingerprint density at radius 1 is 0.912 bits per heavy atom. The second-order valence-corrected chi connectivity index (χ2v) is 9.50. The molecule has 2 saturated heterocycles. The Balaban J connectivity index is 1.35. The lowest BCUT2D eigenvalue weighted by molar-refractivity contribution is 0.202. The van der Waals surface area contributed by atoms with Crippen LogP contribution in [0.2, 0.25) is 0 Å². The quantitative estimate of drug-likeness (QED) is 0.584. The number of aromatic amines is 1. The van der Waals surface area contributed by atoms with E-state index in [1.54, 1.807) is 12.4 Å². The number of benzene rings is 1. The lowest BCUT2D eigenvalue weighted by Crippen LogP contribution is -2.49. The van der Waals surface area contributed by atoms with Crippen LogP contribution in [0.15, 0.2) is 42.7 Å². The van der Waals surface area contributed by atoms with Crippen molar-refractivity contribution in [2.75, 3.05) is 55.7 Å². The third-order valence-corrected chi connectivity index (χ3v) is 7.39. The Morgan fingerprint density at radius 2 is 1.53 bits per heavy atom. The lowest BCUT2D eigenvalue weighted by Gasteiger charge is -2.41. The highest BCUT2D eigenvalue weighted by atomic mass is 16.3. The van der Waals surface area contributed by atoms with Crippen molar-refractivity contribution in [2.24, 2.45) is 5.92 Å². The van der Waals surface area contributed by atoms with Crippen LogP contribution >= 0.6 is 0 Å². The van der Waals surface area contributed by atoms with Gasteiger partial charge in [-0.25, -0.2) is 9.97 Å². The molecular weight excluding hydrogens is 426 g/mol. The molecule has 8 heteroatoms. The molecule has 2 aromatic heterocycles. The molecule has 0 aliphatic carbocycles. The number of hydrogen-bond donors (Lipinski definition) is 2. The Hall–Kier alpha value is -2.97. The summed E-state index contributed by atoms with van der Waals surface area (Å²) in [6.07, 6.45) is 5.60. The zero-order chi connectivity index (χ0) is 23.5. The van der Waals surface area contributed by atoms with Gasteiger partial charge in [0, 0.05) is 69.5 Å². The highest BCUT2D eigenvalue weighted by molar-refractivity contribution is 5.62. The summed E-state index contributed by atoms with van der Waals surface area (Å²) in [7, 11) is 0. The molecule has 0 radical (unpaired) electrons. The van der Waals surface area contributed by atoms with Gasteiger partial charge in [-0.05, 0) is 38.2 Å². The number of nitrogens with zero attached hydrogens (tertiary/aromatic N) is 6. The summed E-state index contributed by atoms with van der Waals surface area (Å²) < 4.78 is 0. The molecule has 8 nitrogen and oxygen atoms in total. The van der Waals surface area contributed by atoms with Crippen LogP contribution in [0.3, 0.4) is 0 Å². The predicted octanol–water partition coefficient (Wildman–Crippen LogP) is 2.94. The fourth-order valence-electron chi connectivity index (χ4n) is 5.45. The van der Waals surface area contributed by atoms with Gasteiger partial charge >= 0.3 is 0 Å². The number of hydrogen-bond acceptors (Lipinski definition) is 7. The van der Waals surface area contributed by atoms with Crippen molar-refractivity contribution in [3.8, 4) is 0 Å². The number of aliphatic hydroxyl groups is 1. The van der Waals surface area contributed by atoms with Gasteiger partial charge in [0.05, 0.1) is 11.7 Å². The summed E-state index contributed by atoms with van der Waals surface area (Å²) in [4.78, 5) is 16.8. The Kier molecular flexibility index (Phi) is 6.78. The first kappa shape index (κ1) is 22.8. The number of piperidine rings is 1. The van der Waals surface area contributed by atoms with Gasteiger partial charge in [0.1, 0.15) is 0 Å². The van der Waals surface area contributed by atoms with Crippen LogP contribution in [-0.2, 0) is 0 Å². The average molecular weight is 462 g/mol. The Bertz CT molecular complexity index is 1050. The fourth-order valence-corrected chi connectivity index (χ4v) is 5.45. The molecule has 1 unspecified atom stereocenters. The molecule has 0 bridgehead atoms. The van der Waals surface area contributed by atoms with Gasteiger partial charge in [0.25, 0.3) is 0 Å². The number of nitrogens with one attached hydrogen (secondary N) is 1. The summed E-state index contributed by atoms with van der Waals surface area (Å²) in [6, 6.07) is 10.9. The molecule has 1 atom stereocenters. The average Bonchev–Trinajstić information content (AvgIpc) is 3.23. The summed E-state index contributed by atoms with van der Waals surface area (Å²) in [5.74, 6) is 2.37. The number of aliphatic hydroxyl groups excluding tert-OH is 1. The lowest BCUT2D eigenvalue weighted by atomic mass is 9.95. The van der Waals surface area contributed by atoms with E-state index in [0.717, 1.165) is 75.1 Å². The zero-order valence-electron chi connectivity index (χ0n) is 20.2. The van der Waals surface area contributed by atoms with Gasteiger partial charge in [-0.1, -0.05) is 30.3 Å². The highest BCUT2D eigenvalue weighted by Crippen LogP contribution is 2.34. The van der Waals surface area contributed by atoms with Crippen LogP contribution in [0.25, 0.3) is 0 Å². The van der Waals surface area contributed by atoms with Gasteiger partial charge in [0.15, 0.2) is 11.6 Å². The van der Waals surface area contributed by atoms with Crippen molar-refractivity contribution in [1.82, 2.24) is 25.1 Å². The van der Waals surface area contributed by atoms with Crippen molar-refractivity contribution >= 4 is 11.6 Å². The third-order valence-electron chi connectivity index (χ3n) is 7.39. The molecule has 2 aliphatic heterocycles. The van der Waals surface area contributed by atoms with Crippen LogP contribution in [-0.4, -0.2) is 76.0 Å². The maximum Gasteiger partial charge on any atom is 0.172 e. The van der Waals surface area contributed by atoms with Gasteiger partial charge in [-0.2, -0.15) is 5.10 Å². The second-order valence-electron chi connectivity index (χ2n) is 9.50. The number of aromatic nitrogens is 4. The topological polar surface area (TPSA) is 84.4 Å². The molecule has 2 aliphatic rings. The van der Waals surface area contributed by atoms with Gasteiger partial charge < -0.3 is 14.9 Å². The Labute approximate surface area is 201 Å². The van der Waals surface area contributed by atoms with E-state index in [0.29, 0.717) is 5.92 Å². The fraction of sp³-hybridized carbons (Fsp3) is 0.500. The minimum absolute atomic E-state index is 0.181. The first-order valence-electron chi connectivity index (χ1n) is 12.4. The van der Waals surface area contributed by atoms with E-state index in [4.69, 9.17) is 9.97 Å². The smallest absolute Gasteiger partial charge is 0.172 e. The van der Waals surface area contributed by atoms with E-state index in [1.165, 1.54) is 11.1 Å². The maximum absolute atomic E-state index is 9.50. The molecule has 0 amide bonds. The van der Waals surface area contributed by atoms with E-state index in [2.05, 4.69) is 69.1 Å². The number of anilines is 2. The number of aryl methyl sites for hydroxylation is 2. The van der Waals surface area contributed by atoms with Gasteiger partial charge in [-0.3, -0.25) is 10.00 Å². The summed E-state index contributed by atoms with van der Waals surface area (Å²) in [5.41, 5.74) is 4.79. The normalized spacial score (nSPS) is 18.9. The molecule has 2 fully saturated rings. The van der Waals surface area contributed by atoms with E-state index >= 15 is 0 Å². The van der Waals surface area contributed by atoms with Crippen LogP contribution in [0, 0.1) is 19.8 Å². The first-order chi connectivity index (χ1) is 16.7. The molecule has 3 aromatic rings. The molecule has 0 saturated carbocycles. The summed E-state index contributed by atoms with van der Waals surface area (Å²) in [5, 5.41) is 17.2. The first-order valence-corrected chi connectivity index (χ1v) is 12.4. The van der Waals surface area contributed by atoms with Gasteiger partial charge in [0.2, 0.25) is 0 Å².